The molecular weight excluding hydrogens is 285 g/mol. The number of hydrogen-bond donors (Lipinski definition) is 0. The average molecular weight is 302 g/mol. The summed E-state index contributed by atoms with van der Waals surface area (Å²) in [5.41, 5.74) is 0. The predicted molar refractivity (Wildman–Crippen MR) is 74.1 cm³/mol. The van der Waals surface area contributed by atoms with E-state index >= 15 is 0 Å². The SMILES string of the molecule is CC1CCN(C(=O)C2CC2(Cl)Cl)C(c2ccco2)C1. The molecule has 0 spiro atoms. The van der Waals surface area contributed by atoms with Crippen LogP contribution in [0.3, 0.4) is 0 Å². The monoisotopic (exact) mass is 301 g/mol. The number of piperidine rings is 1. The number of furan rings is 1. The van der Waals surface area contributed by atoms with Gasteiger partial charge in [-0.1, -0.05) is 6.92 Å². The van der Waals surface area contributed by atoms with E-state index in [-0.39, 0.29) is 17.9 Å². The number of nitrogens with zero attached hydrogens (tertiary/aromatic N) is 1. The Morgan fingerprint density at radius 2 is 2.26 bits per heavy atom. The fourth-order valence-electron chi connectivity index (χ4n) is 2.84. The molecule has 3 nitrogen and oxygen atoms in total. The summed E-state index contributed by atoms with van der Waals surface area (Å²) >= 11 is 12.0. The number of carbonyl (C=O) groups excluding carboxylic acids is 1. The van der Waals surface area contributed by atoms with Crippen molar-refractivity contribution in [3.05, 3.63) is 24.2 Å². The van der Waals surface area contributed by atoms with E-state index in [0.29, 0.717) is 12.3 Å². The molecule has 1 aliphatic heterocycles. The number of likely N-dealkylation sites (tertiary alicyclic amines) is 1. The van der Waals surface area contributed by atoms with Gasteiger partial charge in [0, 0.05) is 6.54 Å². The van der Waals surface area contributed by atoms with E-state index in [2.05, 4.69) is 6.92 Å². The Hall–Kier alpha value is -0.670. The van der Waals surface area contributed by atoms with Gasteiger partial charge in [-0.3, -0.25) is 4.79 Å². The van der Waals surface area contributed by atoms with Crippen LogP contribution in [-0.4, -0.2) is 21.7 Å². The first kappa shape index (κ1) is 13.3. The highest BCUT2D eigenvalue weighted by Gasteiger charge is 2.58. The lowest BCUT2D eigenvalue weighted by atomic mass is 9.90. The van der Waals surface area contributed by atoms with Gasteiger partial charge in [-0.2, -0.15) is 0 Å². The largest absolute Gasteiger partial charge is 0.467 e. The molecule has 3 rings (SSSR count). The zero-order chi connectivity index (χ0) is 13.6. The van der Waals surface area contributed by atoms with Gasteiger partial charge in [0.1, 0.15) is 10.1 Å². The smallest absolute Gasteiger partial charge is 0.229 e. The molecule has 2 fully saturated rings. The number of alkyl halides is 2. The summed E-state index contributed by atoms with van der Waals surface area (Å²) in [6, 6.07) is 3.82. The number of amides is 1. The van der Waals surface area contributed by atoms with Crippen molar-refractivity contribution in [3.8, 4) is 0 Å². The summed E-state index contributed by atoms with van der Waals surface area (Å²) in [7, 11) is 0. The van der Waals surface area contributed by atoms with E-state index in [1.165, 1.54) is 0 Å². The lowest BCUT2D eigenvalue weighted by molar-refractivity contribution is -0.137. The second kappa shape index (κ2) is 4.71. The summed E-state index contributed by atoms with van der Waals surface area (Å²) in [5.74, 6) is 1.27. The summed E-state index contributed by atoms with van der Waals surface area (Å²) in [5, 5.41) is 0. The molecule has 1 aromatic heterocycles. The molecule has 0 bridgehead atoms. The Bertz CT molecular complexity index is 472. The van der Waals surface area contributed by atoms with Gasteiger partial charge in [0.15, 0.2) is 0 Å². The van der Waals surface area contributed by atoms with Crippen molar-refractivity contribution in [2.75, 3.05) is 6.54 Å². The Kier molecular flexibility index (Phi) is 3.30. The molecule has 1 aliphatic carbocycles. The Morgan fingerprint density at radius 1 is 1.53 bits per heavy atom. The molecular formula is C14H17Cl2NO2. The predicted octanol–water partition coefficient (Wildman–Crippen LogP) is 3.77. The van der Waals surface area contributed by atoms with Gasteiger partial charge in [-0.15, -0.1) is 23.2 Å². The Morgan fingerprint density at radius 3 is 2.84 bits per heavy atom. The highest BCUT2D eigenvalue weighted by atomic mass is 35.5. The quantitative estimate of drug-likeness (QED) is 0.779. The van der Waals surface area contributed by atoms with Crippen molar-refractivity contribution in [3.63, 3.8) is 0 Å². The molecule has 3 unspecified atom stereocenters. The number of hydrogen-bond acceptors (Lipinski definition) is 2. The van der Waals surface area contributed by atoms with Crippen LogP contribution in [0.5, 0.6) is 0 Å². The van der Waals surface area contributed by atoms with E-state index in [1.54, 1.807) is 6.26 Å². The van der Waals surface area contributed by atoms with Crippen LogP contribution in [0.1, 0.15) is 38.0 Å². The third-order valence-corrected chi connectivity index (χ3v) is 4.98. The van der Waals surface area contributed by atoms with Gasteiger partial charge in [0.2, 0.25) is 5.91 Å². The van der Waals surface area contributed by atoms with Crippen molar-refractivity contribution in [1.29, 1.82) is 0 Å². The fourth-order valence-corrected chi connectivity index (χ4v) is 3.33. The van der Waals surface area contributed by atoms with Crippen LogP contribution in [-0.2, 0) is 4.79 Å². The lowest BCUT2D eigenvalue weighted by Gasteiger charge is -2.37. The minimum atomic E-state index is -0.853. The molecule has 1 saturated heterocycles. The molecule has 3 atom stereocenters. The zero-order valence-corrected chi connectivity index (χ0v) is 12.3. The summed E-state index contributed by atoms with van der Waals surface area (Å²) in [6.07, 6.45) is 4.17. The molecule has 0 aromatic carbocycles. The van der Waals surface area contributed by atoms with Crippen LogP contribution in [0.15, 0.2) is 22.8 Å². The first-order valence-electron chi connectivity index (χ1n) is 6.71. The molecule has 0 radical (unpaired) electrons. The van der Waals surface area contributed by atoms with Gasteiger partial charge in [0.25, 0.3) is 0 Å². The Labute approximate surface area is 122 Å². The molecule has 2 heterocycles. The first-order chi connectivity index (χ1) is 8.99. The van der Waals surface area contributed by atoms with Gasteiger partial charge in [0.05, 0.1) is 18.2 Å². The van der Waals surface area contributed by atoms with Crippen LogP contribution in [0.25, 0.3) is 0 Å². The second-order valence-electron chi connectivity index (χ2n) is 5.71. The minimum Gasteiger partial charge on any atom is -0.467 e. The first-order valence-corrected chi connectivity index (χ1v) is 7.46. The average Bonchev–Trinajstić information content (AvgIpc) is 2.81. The van der Waals surface area contributed by atoms with Gasteiger partial charge in [-0.05, 0) is 37.3 Å². The maximum atomic E-state index is 12.5. The highest BCUT2D eigenvalue weighted by molar-refractivity contribution is 6.52. The normalized spacial score (nSPS) is 33.2. The zero-order valence-electron chi connectivity index (χ0n) is 10.8. The molecule has 104 valence electrons. The van der Waals surface area contributed by atoms with Crippen LogP contribution >= 0.6 is 23.2 Å². The minimum absolute atomic E-state index is 0.0241. The maximum absolute atomic E-state index is 12.5. The van der Waals surface area contributed by atoms with Crippen molar-refractivity contribution in [1.82, 2.24) is 4.90 Å². The Balaban J connectivity index is 1.80. The van der Waals surface area contributed by atoms with E-state index < -0.39 is 4.33 Å². The number of rotatable bonds is 2. The van der Waals surface area contributed by atoms with Gasteiger partial charge < -0.3 is 9.32 Å². The summed E-state index contributed by atoms with van der Waals surface area (Å²) in [4.78, 5) is 14.4. The summed E-state index contributed by atoms with van der Waals surface area (Å²) in [6.45, 7) is 2.97. The second-order valence-corrected chi connectivity index (χ2v) is 7.25. The lowest BCUT2D eigenvalue weighted by Crippen LogP contribution is -2.42. The maximum Gasteiger partial charge on any atom is 0.229 e. The fraction of sp³-hybridized carbons (Fsp3) is 0.643. The van der Waals surface area contributed by atoms with Crippen LogP contribution < -0.4 is 0 Å². The van der Waals surface area contributed by atoms with Gasteiger partial charge >= 0.3 is 0 Å². The van der Waals surface area contributed by atoms with Crippen molar-refractivity contribution < 1.29 is 9.21 Å². The van der Waals surface area contributed by atoms with Crippen molar-refractivity contribution in [2.24, 2.45) is 11.8 Å². The standard InChI is InChI=1S/C14H17Cl2NO2/c1-9-4-5-17(13(18)10-8-14(10,15)16)11(7-9)12-3-2-6-19-12/h2-3,6,9-11H,4-5,7-8H2,1H3. The molecule has 1 amide bonds. The third-order valence-electron chi connectivity index (χ3n) is 4.14. The summed E-state index contributed by atoms with van der Waals surface area (Å²) < 4.78 is 4.64. The van der Waals surface area contributed by atoms with E-state index in [9.17, 15) is 4.79 Å². The molecule has 1 saturated carbocycles. The molecule has 1 aromatic rings. The molecule has 0 N–H and O–H groups in total. The van der Waals surface area contributed by atoms with E-state index in [4.69, 9.17) is 27.6 Å². The van der Waals surface area contributed by atoms with E-state index in [0.717, 1.165) is 25.1 Å². The van der Waals surface area contributed by atoms with Crippen LogP contribution in [0.4, 0.5) is 0 Å². The topological polar surface area (TPSA) is 33.5 Å². The number of halogens is 2. The van der Waals surface area contributed by atoms with E-state index in [1.807, 2.05) is 17.0 Å². The van der Waals surface area contributed by atoms with Crippen molar-refractivity contribution >= 4 is 29.1 Å². The third kappa shape index (κ3) is 2.50. The molecule has 19 heavy (non-hydrogen) atoms. The van der Waals surface area contributed by atoms with Crippen LogP contribution in [0.2, 0.25) is 0 Å². The molecule has 2 aliphatic rings. The molecule has 5 heteroatoms. The number of carbonyl (C=O) groups is 1. The van der Waals surface area contributed by atoms with Crippen LogP contribution in [0, 0.1) is 11.8 Å². The highest BCUT2D eigenvalue weighted by Crippen LogP contribution is 2.55. The van der Waals surface area contributed by atoms with Gasteiger partial charge in [-0.25, -0.2) is 0 Å². The van der Waals surface area contributed by atoms with Crippen molar-refractivity contribution in [2.45, 2.75) is 36.6 Å².